The molecule has 0 spiro atoms. The molecule has 0 amide bonds. The molecule has 1 fully saturated rings. The van der Waals surface area contributed by atoms with Crippen LogP contribution in [0.15, 0.2) is 54.9 Å². The van der Waals surface area contributed by atoms with Crippen LogP contribution in [0.25, 0.3) is 22.3 Å². The first-order valence-corrected chi connectivity index (χ1v) is 11.2. The molecule has 32 heavy (non-hydrogen) atoms. The van der Waals surface area contributed by atoms with Crippen LogP contribution in [0, 0.1) is 6.92 Å². The Bertz CT molecular complexity index is 1210. The summed E-state index contributed by atoms with van der Waals surface area (Å²) in [7, 11) is 0. The number of fused-ring (bicyclic) bond motifs is 1. The van der Waals surface area contributed by atoms with Crippen LogP contribution in [0.4, 0.5) is 5.82 Å². The Hall–Kier alpha value is -3.45. The van der Waals surface area contributed by atoms with Crippen molar-refractivity contribution in [2.24, 2.45) is 0 Å². The molecule has 2 aromatic heterocycles. The van der Waals surface area contributed by atoms with Crippen LogP contribution in [0.1, 0.15) is 31.4 Å². The number of hydrogen-bond acceptors (Lipinski definition) is 6. The summed E-state index contributed by atoms with van der Waals surface area (Å²) in [6, 6.07) is 16.3. The van der Waals surface area contributed by atoms with E-state index in [0.717, 1.165) is 66.3 Å². The second-order valence-corrected chi connectivity index (χ2v) is 8.36. The Balaban J connectivity index is 1.46. The molecule has 0 bridgehead atoms. The summed E-state index contributed by atoms with van der Waals surface area (Å²) in [6.07, 6.45) is 3.63. The highest BCUT2D eigenvalue weighted by Crippen LogP contribution is 2.35. The fourth-order valence-electron chi connectivity index (χ4n) is 4.36. The fraction of sp³-hybridized carbons (Fsp3) is 0.320. The summed E-state index contributed by atoms with van der Waals surface area (Å²) in [4.78, 5) is 11.3. The van der Waals surface area contributed by atoms with E-state index in [-0.39, 0.29) is 0 Å². The third kappa shape index (κ3) is 3.91. The van der Waals surface area contributed by atoms with Crippen molar-refractivity contribution in [3.8, 4) is 22.8 Å². The van der Waals surface area contributed by atoms with Crippen LogP contribution in [-0.2, 0) is 0 Å². The monoisotopic (exact) mass is 428 g/mol. The first-order chi connectivity index (χ1) is 15.6. The van der Waals surface area contributed by atoms with Gasteiger partial charge in [0.15, 0.2) is 5.65 Å². The van der Waals surface area contributed by atoms with Gasteiger partial charge < -0.3 is 15.4 Å². The first kappa shape index (κ1) is 20.5. The zero-order valence-electron chi connectivity index (χ0n) is 18.5. The molecule has 0 radical (unpaired) electrons. The molecule has 7 nitrogen and oxygen atoms in total. The first-order valence-electron chi connectivity index (χ1n) is 11.2. The van der Waals surface area contributed by atoms with Crippen LogP contribution in [0.2, 0.25) is 0 Å². The van der Waals surface area contributed by atoms with Crippen LogP contribution in [0.3, 0.4) is 0 Å². The van der Waals surface area contributed by atoms with Gasteiger partial charge in [0, 0.05) is 18.7 Å². The van der Waals surface area contributed by atoms with E-state index in [9.17, 15) is 0 Å². The Morgan fingerprint density at radius 3 is 2.28 bits per heavy atom. The number of ether oxygens (including phenoxy) is 1. The van der Waals surface area contributed by atoms with Gasteiger partial charge in [-0.3, -0.25) is 0 Å². The van der Waals surface area contributed by atoms with Crippen LogP contribution in [0.5, 0.6) is 11.5 Å². The van der Waals surface area contributed by atoms with E-state index < -0.39 is 0 Å². The van der Waals surface area contributed by atoms with Gasteiger partial charge in [0.05, 0.1) is 11.4 Å². The van der Waals surface area contributed by atoms with E-state index in [2.05, 4.69) is 33.4 Å². The smallest absolute Gasteiger partial charge is 0.164 e. The molecule has 2 aromatic carbocycles. The number of aromatic nitrogens is 4. The van der Waals surface area contributed by atoms with Crippen molar-refractivity contribution in [3.63, 3.8) is 0 Å². The lowest BCUT2D eigenvalue weighted by atomic mass is 10.1. The summed E-state index contributed by atoms with van der Waals surface area (Å²) in [5.41, 5.74) is 10.1. The Morgan fingerprint density at radius 2 is 1.62 bits per heavy atom. The van der Waals surface area contributed by atoms with Crippen molar-refractivity contribution in [1.82, 2.24) is 24.6 Å². The summed E-state index contributed by atoms with van der Waals surface area (Å²) in [6.45, 7) is 7.50. The molecule has 1 aliphatic rings. The van der Waals surface area contributed by atoms with Crippen LogP contribution in [-0.4, -0.2) is 44.3 Å². The topological polar surface area (TPSA) is 82.1 Å². The number of likely N-dealkylation sites (tertiary alicyclic amines) is 1. The van der Waals surface area contributed by atoms with E-state index >= 15 is 0 Å². The summed E-state index contributed by atoms with van der Waals surface area (Å²) in [5, 5.41) is 5.81. The molecule has 164 valence electrons. The quantitative estimate of drug-likeness (QED) is 0.490. The Kier molecular flexibility index (Phi) is 5.49. The second kappa shape index (κ2) is 8.59. The molecule has 0 atom stereocenters. The van der Waals surface area contributed by atoms with E-state index in [4.69, 9.17) is 15.6 Å². The lowest BCUT2D eigenvalue weighted by molar-refractivity contribution is 0.190. The fourth-order valence-corrected chi connectivity index (χ4v) is 4.36. The zero-order chi connectivity index (χ0) is 22.1. The number of rotatable bonds is 5. The van der Waals surface area contributed by atoms with Gasteiger partial charge in [-0.1, -0.05) is 24.6 Å². The SMILES string of the molecule is CCN1CCC(n2nc(-c3ccc(Oc4ccc(C)cc4)cc3)c3c(N)ncnc32)CC1. The van der Waals surface area contributed by atoms with Crippen molar-refractivity contribution in [2.45, 2.75) is 32.7 Å². The largest absolute Gasteiger partial charge is 0.457 e. The molecule has 7 heteroatoms. The summed E-state index contributed by atoms with van der Waals surface area (Å²) >= 11 is 0. The minimum atomic E-state index is 0.312. The number of nitrogens with zero attached hydrogens (tertiary/aromatic N) is 5. The van der Waals surface area contributed by atoms with E-state index in [1.807, 2.05) is 48.5 Å². The number of anilines is 1. The minimum Gasteiger partial charge on any atom is -0.457 e. The normalized spacial score (nSPS) is 15.3. The maximum absolute atomic E-state index is 6.29. The molecule has 0 aliphatic carbocycles. The molecular weight excluding hydrogens is 400 g/mol. The predicted molar refractivity (Wildman–Crippen MR) is 127 cm³/mol. The minimum absolute atomic E-state index is 0.312. The van der Waals surface area contributed by atoms with E-state index in [0.29, 0.717) is 11.9 Å². The molecule has 0 unspecified atom stereocenters. The lowest BCUT2D eigenvalue weighted by Gasteiger charge is -2.31. The van der Waals surface area contributed by atoms with Gasteiger partial charge in [-0.05, 0) is 62.7 Å². The second-order valence-electron chi connectivity index (χ2n) is 8.36. The van der Waals surface area contributed by atoms with E-state index in [1.54, 1.807) is 0 Å². The predicted octanol–water partition coefficient (Wildman–Crippen LogP) is 4.83. The number of benzene rings is 2. The van der Waals surface area contributed by atoms with E-state index in [1.165, 1.54) is 11.9 Å². The van der Waals surface area contributed by atoms with Gasteiger partial charge in [0.1, 0.15) is 29.3 Å². The molecule has 2 N–H and O–H groups in total. The standard InChI is InChI=1S/C25H28N6O/c1-3-30-14-12-19(13-15-30)31-25-22(24(26)27-16-28-25)23(29-31)18-6-10-21(11-7-18)32-20-8-4-17(2)5-9-20/h4-11,16,19H,3,12-15H2,1-2H3,(H2,26,27,28). The van der Waals surface area contributed by atoms with Crippen molar-refractivity contribution in [3.05, 3.63) is 60.4 Å². The molecule has 1 saturated heterocycles. The number of nitrogen functional groups attached to an aromatic ring is 1. The van der Waals surface area contributed by atoms with Crippen LogP contribution >= 0.6 is 0 Å². The van der Waals surface area contributed by atoms with Crippen molar-refractivity contribution < 1.29 is 4.74 Å². The van der Waals surface area contributed by atoms with Gasteiger partial charge in [0.25, 0.3) is 0 Å². The maximum Gasteiger partial charge on any atom is 0.164 e. The summed E-state index contributed by atoms with van der Waals surface area (Å²) < 4.78 is 8.04. The Morgan fingerprint density at radius 1 is 0.969 bits per heavy atom. The van der Waals surface area contributed by atoms with Crippen molar-refractivity contribution in [1.29, 1.82) is 0 Å². The lowest BCUT2D eigenvalue weighted by Crippen LogP contribution is -2.34. The van der Waals surface area contributed by atoms with Gasteiger partial charge in [0.2, 0.25) is 0 Å². The summed E-state index contributed by atoms with van der Waals surface area (Å²) in [5.74, 6) is 2.05. The van der Waals surface area contributed by atoms with Crippen molar-refractivity contribution >= 4 is 16.9 Å². The third-order valence-electron chi connectivity index (χ3n) is 6.25. The van der Waals surface area contributed by atoms with Crippen molar-refractivity contribution in [2.75, 3.05) is 25.4 Å². The highest BCUT2D eigenvalue weighted by atomic mass is 16.5. The van der Waals surface area contributed by atoms with Gasteiger partial charge in [-0.15, -0.1) is 0 Å². The highest BCUT2D eigenvalue weighted by Gasteiger charge is 2.25. The number of hydrogen-bond donors (Lipinski definition) is 1. The molecule has 0 saturated carbocycles. The average molecular weight is 429 g/mol. The number of piperidine rings is 1. The van der Waals surface area contributed by atoms with Crippen LogP contribution < -0.4 is 10.5 Å². The highest BCUT2D eigenvalue weighted by molar-refractivity contribution is 5.98. The molecule has 4 aromatic rings. The zero-order valence-corrected chi connectivity index (χ0v) is 18.5. The number of aryl methyl sites for hydroxylation is 1. The maximum atomic E-state index is 6.29. The van der Waals surface area contributed by atoms with Gasteiger partial charge in [-0.25, -0.2) is 14.6 Å². The molecule has 1 aliphatic heterocycles. The van der Waals surface area contributed by atoms with Gasteiger partial charge in [-0.2, -0.15) is 5.10 Å². The van der Waals surface area contributed by atoms with Gasteiger partial charge >= 0.3 is 0 Å². The molecule has 5 rings (SSSR count). The Labute approximate surface area is 187 Å². The number of nitrogens with two attached hydrogens (primary N) is 1. The molecule has 3 heterocycles. The third-order valence-corrected chi connectivity index (χ3v) is 6.25. The molecular formula is C25H28N6O. The average Bonchev–Trinajstić information content (AvgIpc) is 3.22.